The first-order valence-electron chi connectivity index (χ1n) is 10.2. The molecular formula is C25H30O6. The Bertz CT molecular complexity index is 962. The molecule has 6 heteroatoms. The van der Waals surface area contributed by atoms with Gasteiger partial charge in [0.25, 0.3) is 0 Å². The number of ketones is 2. The topological polar surface area (TPSA) is 101 Å². The number of Topliss-reactive ketones (excluding diaryl/α,β-unsaturated/α-hetero) is 2. The summed E-state index contributed by atoms with van der Waals surface area (Å²) in [6.45, 7) is 10.4. The van der Waals surface area contributed by atoms with Crippen LogP contribution in [0.15, 0.2) is 54.1 Å². The van der Waals surface area contributed by atoms with Crippen LogP contribution in [0.5, 0.6) is 0 Å². The van der Waals surface area contributed by atoms with Crippen LogP contribution in [0.1, 0.15) is 62.9 Å². The van der Waals surface area contributed by atoms with Gasteiger partial charge in [0.1, 0.15) is 5.76 Å². The minimum atomic E-state index is -0.999. The molecule has 31 heavy (non-hydrogen) atoms. The number of esters is 1. The van der Waals surface area contributed by atoms with Crippen molar-refractivity contribution in [3.8, 4) is 0 Å². The maximum absolute atomic E-state index is 12.5. The van der Waals surface area contributed by atoms with E-state index in [1.807, 2.05) is 0 Å². The fourth-order valence-corrected chi connectivity index (χ4v) is 3.25. The number of hydrogen-bond acceptors (Lipinski definition) is 6. The van der Waals surface area contributed by atoms with Crippen LogP contribution in [-0.2, 0) is 14.3 Å². The van der Waals surface area contributed by atoms with Crippen LogP contribution in [0.4, 0.5) is 0 Å². The number of rotatable bonds is 9. The predicted molar refractivity (Wildman–Crippen MR) is 118 cm³/mol. The third kappa shape index (κ3) is 6.01. The minimum absolute atomic E-state index is 0.00127. The van der Waals surface area contributed by atoms with E-state index in [1.54, 1.807) is 52.0 Å². The second-order valence-corrected chi connectivity index (χ2v) is 8.94. The van der Waals surface area contributed by atoms with Gasteiger partial charge in [-0.1, -0.05) is 50.3 Å². The summed E-state index contributed by atoms with van der Waals surface area (Å²) in [5.74, 6) is -2.09. The zero-order chi connectivity index (χ0) is 23.4. The lowest BCUT2D eigenvalue weighted by Gasteiger charge is -2.27. The summed E-state index contributed by atoms with van der Waals surface area (Å²) in [6.07, 6.45) is 4.15. The van der Waals surface area contributed by atoms with Crippen molar-refractivity contribution in [2.24, 2.45) is 5.41 Å². The molecule has 1 aromatic carbocycles. The average molecular weight is 427 g/mol. The summed E-state index contributed by atoms with van der Waals surface area (Å²) in [5.41, 5.74) is -0.716. The highest BCUT2D eigenvalue weighted by Crippen LogP contribution is 2.35. The van der Waals surface area contributed by atoms with Gasteiger partial charge in [-0.15, -0.1) is 6.58 Å². The highest BCUT2D eigenvalue weighted by molar-refractivity contribution is 6.52. The molecule has 0 amide bonds. The van der Waals surface area contributed by atoms with Crippen molar-refractivity contribution in [2.75, 3.05) is 6.61 Å². The molecule has 0 bridgehead atoms. The molecule has 0 radical (unpaired) electrons. The third-order valence-corrected chi connectivity index (χ3v) is 5.31. The number of allylic oxidation sites excluding steroid dienone is 2. The van der Waals surface area contributed by atoms with Crippen molar-refractivity contribution < 1.29 is 29.3 Å². The van der Waals surface area contributed by atoms with Gasteiger partial charge in [0, 0.05) is 27.7 Å². The fourth-order valence-electron chi connectivity index (χ4n) is 3.25. The lowest BCUT2D eigenvalue weighted by atomic mass is 9.79. The van der Waals surface area contributed by atoms with Crippen LogP contribution in [0.2, 0.25) is 0 Å². The van der Waals surface area contributed by atoms with Crippen molar-refractivity contribution >= 4 is 23.3 Å². The van der Waals surface area contributed by atoms with Crippen LogP contribution >= 0.6 is 0 Å². The van der Waals surface area contributed by atoms with Gasteiger partial charge in [0.15, 0.2) is 0 Å². The molecule has 2 N–H and O–H groups in total. The fraction of sp³-hybridized carbons (Fsp3) is 0.400. The molecule has 0 heterocycles. The standard InChI is InChI=1S/C25H30O6/c1-6-25(5,30)13-9-10-16(2)23(29)31-15-24(3,4)14-19-20(26)17-11-7-8-12-18(17)21(27)22(19)28/h6-8,10-12,26,30H,1,9,13-15H2,2-5H3. The van der Waals surface area contributed by atoms with E-state index in [0.29, 0.717) is 24.0 Å². The second kappa shape index (κ2) is 9.43. The maximum Gasteiger partial charge on any atom is 0.333 e. The van der Waals surface area contributed by atoms with Crippen LogP contribution in [0, 0.1) is 5.41 Å². The van der Waals surface area contributed by atoms with Gasteiger partial charge in [-0.2, -0.15) is 0 Å². The summed E-state index contributed by atoms with van der Waals surface area (Å²) in [7, 11) is 0. The molecule has 1 unspecified atom stereocenters. The molecule has 0 aliphatic heterocycles. The quantitative estimate of drug-likeness (QED) is 0.264. The van der Waals surface area contributed by atoms with Crippen molar-refractivity contribution in [1.29, 1.82) is 0 Å². The first-order chi connectivity index (χ1) is 14.4. The molecule has 1 aliphatic rings. The number of benzene rings is 1. The first-order valence-corrected chi connectivity index (χ1v) is 10.2. The lowest BCUT2D eigenvalue weighted by molar-refractivity contribution is -0.142. The second-order valence-electron chi connectivity index (χ2n) is 8.94. The van der Waals surface area contributed by atoms with Gasteiger partial charge in [0.05, 0.1) is 12.2 Å². The molecule has 2 rings (SSSR count). The Labute approximate surface area is 182 Å². The van der Waals surface area contributed by atoms with Gasteiger partial charge in [0.2, 0.25) is 11.6 Å². The Morgan fingerprint density at radius 1 is 1.13 bits per heavy atom. The molecule has 0 fully saturated rings. The molecule has 166 valence electrons. The summed E-state index contributed by atoms with van der Waals surface area (Å²) in [5, 5.41) is 20.5. The Balaban J connectivity index is 2.05. The van der Waals surface area contributed by atoms with Gasteiger partial charge in [-0.25, -0.2) is 4.79 Å². The predicted octanol–water partition coefficient (Wildman–Crippen LogP) is 4.34. The van der Waals surface area contributed by atoms with E-state index < -0.39 is 28.6 Å². The number of ether oxygens (including phenoxy) is 1. The van der Waals surface area contributed by atoms with Crippen LogP contribution < -0.4 is 0 Å². The van der Waals surface area contributed by atoms with Crippen molar-refractivity contribution in [1.82, 2.24) is 0 Å². The normalized spacial score (nSPS) is 16.6. The third-order valence-electron chi connectivity index (χ3n) is 5.31. The number of hydrogen-bond donors (Lipinski definition) is 2. The van der Waals surface area contributed by atoms with Gasteiger partial charge >= 0.3 is 5.97 Å². The molecule has 0 aromatic heterocycles. The number of aliphatic hydroxyl groups excluding tert-OH is 1. The van der Waals surface area contributed by atoms with Crippen LogP contribution in [0.25, 0.3) is 5.76 Å². The van der Waals surface area contributed by atoms with E-state index in [1.165, 1.54) is 12.1 Å². The monoisotopic (exact) mass is 426 g/mol. The van der Waals surface area contributed by atoms with Crippen molar-refractivity contribution in [3.63, 3.8) is 0 Å². The van der Waals surface area contributed by atoms with E-state index in [2.05, 4.69) is 6.58 Å². The molecule has 1 atom stereocenters. The number of carbonyl (C=O) groups is 3. The summed E-state index contributed by atoms with van der Waals surface area (Å²) >= 11 is 0. The Hall–Kier alpha value is -2.99. The Kier molecular flexibility index (Phi) is 7.39. The maximum atomic E-state index is 12.5. The number of fused-ring (bicyclic) bond motifs is 1. The largest absolute Gasteiger partial charge is 0.507 e. The zero-order valence-electron chi connectivity index (χ0n) is 18.5. The SMILES string of the molecule is C=CC(C)(O)CCC=C(C)C(=O)OCC(C)(C)CC1=C(O)c2ccccc2C(=O)C1=O. The van der Waals surface area contributed by atoms with E-state index in [0.717, 1.165) is 0 Å². The average Bonchev–Trinajstić information content (AvgIpc) is 2.73. The number of aliphatic hydroxyl groups is 2. The molecule has 6 nitrogen and oxygen atoms in total. The summed E-state index contributed by atoms with van der Waals surface area (Å²) in [4.78, 5) is 37.2. The zero-order valence-corrected chi connectivity index (χ0v) is 18.5. The highest BCUT2D eigenvalue weighted by atomic mass is 16.5. The highest BCUT2D eigenvalue weighted by Gasteiger charge is 2.36. The van der Waals surface area contributed by atoms with Crippen molar-refractivity contribution in [2.45, 2.75) is 52.6 Å². The molecule has 0 saturated heterocycles. The van der Waals surface area contributed by atoms with Gasteiger partial charge in [-0.3, -0.25) is 9.59 Å². The Morgan fingerprint density at radius 2 is 1.74 bits per heavy atom. The molecule has 0 spiro atoms. The van der Waals surface area contributed by atoms with Gasteiger partial charge in [-0.05, 0) is 33.1 Å². The van der Waals surface area contributed by atoms with E-state index in [-0.39, 0.29) is 29.9 Å². The smallest absolute Gasteiger partial charge is 0.333 e. The molecule has 0 saturated carbocycles. The Morgan fingerprint density at radius 3 is 2.35 bits per heavy atom. The lowest BCUT2D eigenvalue weighted by Crippen LogP contribution is -2.30. The first kappa shape index (κ1) is 24.3. The summed E-state index contributed by atoms with van der Waals surface area (Å²) < 4.78 is 5.40. The minimum Gasteiger partial charge on any atom is -0.507 e. The molecule has 1 aromatic rings. The van der Waals surface area contributed by atoms with E-state index >= 15 is 0 Å². The van der Waals surface area contributed by atoms with Gasteiger partial charge < -0.3 is 14.9 Å². The van der Waals surface area contributed by atoms with E-state index in [9.17, 15) is 24.6 Å². The molecular weight excluding hydrogens is 396 g/mol. The van der Waals surface area contributed by atoms with Crippen LogP contribution in [-0.4, -0.2) is 40.0 Å². The van der Waals surface area contributed by atoms with Crippen LogP contribution in [0.3, 0.4) is 0 Å². The van der Waals surface area contributed by atoms with E-state index in [4.69, 9.17) is 4.74 Å². The van der Waals surface area contributed by atoms with Crippen molar-refractivity contribution in [3.05, 3.63) is 65.3 Å². The summed E-state index contributed by atoms with van der Waals surface area (Å²) in [6, 6.07) is 6.44. The molecule has 1 aliphatic carbocycles. The number of carbonyl (C=O) groups excluding carboxylic acids is 3.